The van der Waals surface area contributed by atoms with Crippen LogP contribution in [0.15, 0.2) is 0 Å². The van der Waals surface area contributed by atoms with E-state index in [-0.39, 0.29) is 19.0 Å². The zero-order valence-electron chi connectivity index (χ0n) is 15.1. The van der Waals surface area contributed by atoms with E-state index in [0.29, 0.717) is 19.8 Å². The third-order valence-corrected chi connectivity index (χ3v) is 7.28. The SMILES string of the molecule is CCO[Si](CCC[N+](CC)(CC)CCO)(OCC)OCC.[Cl-]. The molecule has 0 aliphatic rings. The Labute approximate surface area is 144 Å². The van der Waals surface area contributed by atoms with Crippen molar-refractivity contribution in [2.45, 2.75) is 47.1 Å². The number of rotatable bonds is 14. The number of aliphatic hydroxyl groups excluding tert-OH is 1. The molecular weight excluding hydrogens is 322 g/mol. The van der Waals surface area contributed by atoms with Crippen molar-refractivity contribution in [1.29, 1.82) is 0 Å². The fourth-order valence-corrected chi connectivity index (χ4v) is 5.41. The molecular formula is C15H36ClNO4Si. The first-order chi connectivity index (χ1) is 10.1. The lowest BCUT2D eigenvalue weighted by Crippen LogP contribution is -3.00. The molecule has 7 heteroatoms. The molecule has 1 N–H and O–H groups in total. The van der Waals surface area contributed by atoms with Gasteiger partial charge >= 0.3 is 8.80 Å². The van der Waals surface area contributed by atoms with Crippen molar-refractivity contribution in [3.63, 3.8) is 0 Å². The van der Waals surface area contributed by atoms with Crippen LogP contribution in [-0.4, -0.2) is 71.0 Å². The lowest BCUT2D eigenvalue weighted by molar-refractivity contribution is -0.925. The summed E-state index contributed by atoms with van der Waals surface area (Å²) in [6.07, 6.45) is 1.01. The van der Waals surface area contributed by atoms with Gasteiger partial charge in [0.15, 0.2) is 0 Å². The Hall–Kier alpha value is 0.307. The van der Waals surface area contributed by atoms with Crippen molar-refractivity contribution >= 4 is 8.80 Å². The minimum Gasteiger partial charge on any atom is -1.00 e. The summed E-state index contributed by atoms with van der Waals surface area (Å²) in [4.78, 5) is 0. The zero-order chi connectivity index (χ0) is 16.2. The summed E-state index contributed by atoms with van der Waals surface area (Å²) < 4.78 is 18.6. The van der Waals surface area contributed by atoms with Gasteiger partial charge in [-0.3, -0.25) is 0 Å². The number of nitrogens with zero attached hydrogens (tertiary/aromatic N) is 1. The van der Waals surface area contributed by atoms with Gasteiger partial charge in [-0.1, -0.05) is 0 Å². The number of halogens is 1. The van der Waals surface area contributed by atoms with E-state index in [0.717, 1.165) is 43.1 Å². The van der Waals surface area contributed by atoms with Crippen LogP contribution in [0.25, 0.3) is 0 Å². The second-order valence-electron chi connectivity index (χ2n) is 5.23. The minimum absolute atomic E-state index is 0. The van der Waals surface area contributed by atoms with Crippen molar-refractivity contribution in [3.8, 4) is 0 Å². The normalized spacial score (nSPS) is 12.3. The first-order valence-electron chi connectivity index (χ1n) is 8.45. The first kappa shape index (κ1) is 24.6. The van der Waals surface area contributed by atoms with Crippen LogP contribution in [0.4, 0.5) is 0 Å². The molecule has 0 amide bonds. The van der Waals surface area contributed by atoms with Gasteiger partial charge in [-0.2, -0.15) is 0 Å². The monoisotopic (exact) mass is 357 g/mol. The summed E-state index contributed by atoms with van der Waals surface area (Å²) in [5.74, 6) is 0. The Kier molecular flexibility index (Phi) is 15.3. The van der Waals surface area contributed by atoms with Gasteiger partial charge < -0.3 is 35.3 Å². The molecule has 0 aromatic carbocycles. The molecule has 0 saturated carbocycles. The average molecular weight is 358 g/mol. The quantitative estimate of drug-likeness (QED) is 0.329. The van der Waals surface area contributed by atoms with E-state index in [2.05, 4.69) is 13.8 Å². The Balaban J connectivity index is 0. The second-order valence-corrected chi connectivity index (χ2v) is 7.96. The van der Waals surface area contributed by atoms with E-state index >= 15 is 0 Å². The lowest BCUT2D eigenvalue weighted by Gasteiger charge is -2.37. The third kappa shape index (κ3) is 8.24. The van der Waals surface area contributed by atoms with Gasteiger partial charge in [0.2, 0.25) is 0 Å². The van der Waals surface area contributed by atoms with Crippen LogP contribution in [0.3, 0.4) is 0 Å². The molecule has 0 aliphatic heterocycles. The molecule has 0 bridgehead atoms. The Bertz CT molecular complexity index is 239. The van der Waals surface area contributed by atoms with Gasteiger partial charge in [-0.25, -0.2) is 0 Å². The molecule has 0 aliphatic carbocycles. The van der Waals surface area contributed by atoms with Crippen LogP contribution < -0.4 is 12.4 Å². The summed E-state index contributed by atoms with van der Waals surface area (Å²) in [6.45, 7) is 16.4. The molecule has 5 nitrogen and oxygen atoms in total. The molecule has 0 spiro atoms. The Morgan fingerprint density at radius 2 is 1.27 bits per heavy atom. The zero-order valence-corrected chi connectivity index (χ0v) is 16.8. The summed E-state index contributed by atoms with van der Waals surface area (Å²) >= 11 is 0. The summed E-state index contributed by atoms with van der Waals surface area (Å²) in [5, 5.41) is 9.29. The molecule has 0 unspecified atom stereocenters. The molecule has 22 heavy (non-hydrogen) atoms. The first-order valence-corrected chi connectivity index (χ1v) is 10.4. The highest BCUT2D eigenvalue weighted by Crippen LogP contribution is 2.20. The molecule has 0 radical (unpaired) electrons. The van der Waals surface area contributed by atoms with Gasteiger partial charge in [-0.15, -0.1) is 0 Å². The number of quaternary nitrogens is 1. The molecule has 0 aromatic heterocycles. The number of aliphatic hydroxyl groups is 1. The molecule has 0 fully saturated rings. The van der Waals surface area contributed by atoms with E-state index in [9.17, 15) is 5.11 Å². The molecule has 0 atom stereocenters. The predicted octanol–water partition coefficient (Wildman–Crippen LogP) is -0.722. The topological polar surface area (TPSA) is 47.9 Å². The minimum atomic E-state index is -2.52. The van der Waals surface area contributed by atoms with Gasteiger partial charge in [0.1, 0.15) is 6.54 Å². The highest BCUT2D eigenvalue weighted by molar-refractivity contribution is 6.60. The van der Waals surface area contributed by atoms with E-state index in [1.165, 1.54) is 0 Å². The van der Waals surface area contributed by atoms with Crippen LogP contribution in [0.2, 0.25) is 6.04 Å². The van der Waals surface area contributed by atoms with Crippen LogP contribution in [0.1, 0.15) is 41.0 Å². The fraction of sp³-hybridized carbons (Fsp3) is 1.00. The van der Waals surface area contributed by atoms with Crippen molar-refractivity contribution in [3.05, 3.63) is 0 Å². The van der Waals surface area contributed by atoms with Crippen molar-refractivity contribution < 1.29 is 35.3 Å². The standard InChI is InChI=1S/C15H36NO4Si.ClH/c1-6-16(7-2,13-14-17)12-11-15-21(18-8-3,19-9-4)20-10-5;/h17H,6-15H2,1-5H3;1H/q+1;/p-1. The van der Waals surface area contributed by atoms with Gasteiger partial charge in [-0.05, 0) is 34.6 Å². The number of hydrogen-bond acceptors (Lipinski definition) is 4. The smallest absolute Gasteiger partial charge is 0.501 e. The Morgan fingerprint density at radius 3 is 1.59 bits per heavy atom. The molecule has 0 heterocycles. The van der Waals surface area contributed by atoms with Crippen LogP contribution >= 0.6 is 0 Å². The summed E-state index contributed by atoms with van der Waals surface area (Å²) in [7, 11) is -2.52. The van der Waals surface area contributed by atoms with E-state index < -0.39 is 8.80 Å². The maximum absolute atomic E-state index is 9.29. The molecule has 0 rings (SSSR count). The van der Waals surface area contributed by atoms with Crippen LogP contribution in [0.5, 0.6) is 0 Å². The van der Waals surface area contributed by atoms with Crippen molar-refractivity contribution in [2.24, 2.45) is 0 Å². The van der Waals surface area contributed by atoms with E-state index in [1.54, 1.807) is 0 Å². The second kappa shape index (κ2) is 13.7. The maximum Gasteiger partial charge on any atom is 0.501 e. The van der Waals surface area contributed by atoms with E-state index in [4.69, 9.17) is 13.3 Å². The van der Waals surface area contributed by atoms with E-state index in [1.807, 2.05) is 20.8 Å². The number of likely N-dealkylation sites (N-methyl/N-ethyl adjacent to an activating group) is 1. The van der Waals surface area contributed by atoms with Crippen LogP contribution in [0, 0.1) is 0 Å². The fourth-order valence-electron chi connectivity index (χ4n) is 2.81. The van der Waals surface area contributed by atoms with Crippen molar-refractivity contribution in [2.75, 3.05) is 52.6 Å². The molecule has 0 aromatic rings. The Morgan fingerprint density at radius 1 is 0.818 bits per heavy atom. The largest absolute Gasteiger partial charge is 1.00 e. The van der Waals surface area contributed by atoms with Gasteiger partial charge in [0.05, 0.1) is 26.2 Å². The van der Waals surface area contributed by atoms with Crippen molar-refractivity contribution in [1.82, 2.24) is 0 Å². The highest BCUT2D eigenvalue weighted by Gasteiger charge is 2.40. The average Bonchev–Trinajstić information content (AvgIpc) is 2.47. The molecule has 0 saturated heterocycles. The lowest BCUT2D eigenvalue weighted by atomic mass is 10.3. The maximum atomic E-state index is 9.29. The third-order valence-electron chi connectivity index (χ3n) is 4.12. The predicted molar refractivity (Wildman–Crippen MR) is 88.2 cm³/mol. The summed E-state index contributed by atoms with van der Waals surface area (Å²) in [6, 6.07) is 0.855. The number of hydrogen-bond donors (Lipinski definition) is 1. The highest BCUT2D eigenvalue weighted by atomic mass is 35.5. The summed E-state index contributed by atoms with van der Waals surface area (Å²) in [5.41, 5.74) is 0. The van der Waals surface area contributed by atoms with Gasteiger partial charge in [0.25, 0.3) is 0 Å². The molecule has 136 valence electrons. The van der Waals surface area contributed by atoms with Gasteiger partial charge in [0, 0.05) is 32.3 Å². The van der Waals surface area contributed by atoms with Crippen LogP contribution in [-0.2, 0) is 13.3 Å².